The Balaban J connectivity index is 1.30. The fourth-order valence-electron chi connectivity index (χ4n) is 5.49. The van der Waals surface area contributed by atoms with Crippen LogP contribution in [0, 0.1) is 5.41 Å². The standard InChI is InChI=1S/C30H29F3N4O3/c1-35(25-12-14-34-15-13-25)24-9-4-22(5-10-24)18-37(26-16-29(17-26)19-36(20-29)28(39)40)27(38)11-6-21-2-7-23(8-3-21)30(31,32)33/h2-15,26H,16-20H2,1H3,(H,39,40)/b11-6+. The topological polar surface area (TPSA) is 77.0 Å². The number of halogens is 3. The lowest BCUT2D eigenvalue weighted by Gasteiger charge is -2.60. The molecule has 3 aromatic rings. The van der Waals surface area contributed by atoms with Gasteiger partial charge in [-0.1, -0.05) is 24.3 Å². The maximum absolute atomic E-state index is 13.4. The van der Waals surface area contributed by atoms with Gasteiger partial charge in [-0.25, -0.2) is 4.79 Å². The molecule has 0 bridgehead atoms. The van der Waals surface area contributed by atoms with Crippen LogP contribution in [0.25, 0.3) is 6.08 Å². The predicted octanol–water partition coefficient (Wildman–Crippen LogP) is 6.05. The van der Waals surface area contributed by atoms with Gasteiger partial charge in [0, 0.05) is 68.0 Å². The van der Waals surface area contributed by atoms with Crippen LogP contribution in [0.5, 0.6) is 0 Å². The first kappa shape index (κ1) is 27.2. The monoisotopic (exact) mass is 550 g/mol. The molecule has 1 N–H and O–H groups in total. The maximum Gasteiger partial charge on any atom is 0.416 e. The van der Waals surface area contributed by atoms with E-state index in [4.69, 9.17) is 0 Å². The molecule has 1 aliphatic carbocycles. The number of likely N-dealkylation sites (tertiary alicyclic amines) is 1. The molecule has 1 saturated heterocycles. The molecule has 1 spiro atoms. The molecule has 0 unspecified atom stereocenters. The molecule has 1 aliphatic heterocycles. The van der Waals surface area contributed by atoms with Crippen LogP contribution in [0.1, 0.15) is 29.5 Å². The Kier molecular flexibility index (Phi) is 7.27. The first-order valence-electron chi connectivity index (χ1n) is 12.9. The second-order valence-corrected chi connectivity index (χ2v) is 10.6. The Bertz CT molecular complexity index is 1380. The number of hydrogen-bond donors (Lipinski definition) is 1. The van der Waals surface area contributed by atoms with E-state index >= 15 is 0 Å². The molecule has 1 saturated carbocycles. The summed E-state index contributed by atoms with van der Waals surface area (Å²) in [5.74, 6) is -0.243. The minimum atomic E-state index is -4.42. The van der Waals surface area contributed by atoms with Gasteiger partial charge in [0.25, 0.3) is 0 Å². The largest absolute Gasteiger partial charge is 0.465 e. The molecule has 2 amide bonds. The zero-order chi connectivity index (χ0) is 28.5. The molecule has 0 radical (unpaired) electrons. The Morgan fingerprint density at radius 3 is 2.17 bits per heavy atom. The van der Waals surface area contributed by atoms with E-state index in [9.17, 15) is 27.9 Å². The number of amides is 2. The number of alkyl halides is 3. The molecule has 7 nitrogen and oxygen atoms in total. The van der Waals surface area contributed by atoms with Crippen molar-refractivity contribution in [2.24, 2.45) is 5.41 Å². The zero-order valence-corrected chi connectivity index (χ0v) is 21.9. The van der Waals surface area contributed by atoms with Gasteiger partial charge < -0.3 is 19.8 Å². The van der Waals surface area contributed by atoms with Crippen molar-refractivity contribution in [1.82, 2.24) is 14.8 Å². The summed E-state index contributed by atoms with van der Waals surface area (Å²) in [6.07, 6.45) is 2.43. The van der Waals surface area contributed by atoms with E-state index in [0.717, 1.165) is 29.1 Å². The summed E-state index contributed by atoms with van der Waals surface area (Å²) in [4.78, 5) is 33.8. The number of rotatable bonds is 7. The number of carbonyl (C=O) groups excluding carboxylic acids is 1. The van der Waals surface area contributed by atoms with Crippen molar-refractivity contribution in [3.8, 4) is 0 Å². The van der Waals surface area contributed by atoms with Crippen molar-refractivity contribution in [3.63, 3.8) is 0 Å². The van der Waals surface area contributed by atoms with Crippen LogP contribution >= 0.6 is 0 Å². The van der Waals surface area contributed by atoms with E-state index in [1.165, 1.54) is 29.2 Å². The molecular weight excluding hydrogens is 521 g/mol. The van der Waals surface area contributed by atoms with Gasteiger partial charge in [-0.3, -0.25) is 9.78 Å². The molecule has 10 heteroatoms. The smallest absolute Gasteiger partial charge is 0.416 e. The van der Waals surface area contributed by atoms with E-state index in [-0.39, 0.29) is 17.4 Å². The van der Waals surface area contributed by atoms with Gasteiger partial charge in [0.15, 0.2) is 0 Å². The van der Waals surface area contributed by atoms with E-state index in [1.54, 1.807) is 17.3 Å². The number of anilines is 2. The first-order chi connectivity index (χ1) is 19.0. The number of aromatic nitrogens is 1. The number of carbonyl (C=O) groups is 2. The Hall–Kier alpha value is -4.34. The van der Waals surface area contributed by atoms with E-state index in [2.05, 4.69) is 4.98 Å². The Morgan fingerprint density at radius 2 is 1.60 bits per heavy atom. The average Bonchev–Trinajstić information content (AvgIpc) is 2.89. The van der Waals surface area contributed by atoms with E-state index < -0.39 is 17.8 Å². The van der Waals surface area contributed by atoms with Crippen molar-refractivity contribution in [2.45, 2.75) is 31.6 Å². The van der Waals surface area contributed by atoms with E-state index in [0.29, 0.717) is 38.0 Å². The average molecular weight is 551 g/mol. The van der Waals surface area contributed by atoms with Crippen molar-refractivity contribution < 1.29 is 27.9 Å². The summed E-state index contributed by atoms with van der Waals surface area (Å²) in [5.41, 5.74) is 2.56. The molecule has 1 aromatic heterocycles. The second-order valence-electron chi connectivity index (χ2n) is 10.6. The van der Waals surface area contributed by atoms with Crippen molar-refractivity contribution >= 4 is 29.5 Å². The molecule has 208 valence electrons. The fraction of sp³-hybridized carbons (Fsp3) is 0.300. The Labute approximate surface area is 230 Å². The summed E-state index contributed by atoms with van der Waals surface area (Å²) >= 11 is 0. The van der Waals surface area contributed by atoms with Crippen LogP contribution in [0.15, 0.2) is 79.1 Å². The molecule has 5 rings (SSSR count). The summed E-state index contributed by atoms with van der Waals surface area (Å²) < 4.78 is 38.6. The van der Waals surface area contributed by atoms with Gasteiger partial charge in [-0.2, -0.15) is 13.2 Å². The third-order valence-corrected chi connectivity index (χ3v) is 7.77. The lowest BCUT2D eigenvalue weighted by atomic mass is 9.60. The summed E-state index contributed by atoms with van der Waals surface area (Å²) in [5, 5.41) is 9.20. The highest BCUT2D eigenvalue weighted by Gasteiger charge is 2.55. The van der Waals surface area contributed by atoms with Crippen LogP contribution < -0.4 is 4.90 Å². The zero-order valence-electron chi connectivity index (χ0n) is 21.9. The van der Waals surface area contributed by atoms with Crippen LogP contribution in [0.4, 0.5) is 29.3 Å². The van der Waals surface area contributed by atoms with Crippen LogP contribution in [-0.2, 0) is 17.5 Å². The van der Waals surface area contributed by atoms with Gasteiger partial charge in [0.1, 0.15) is 0 Å². The van der Waals surface area contributed by atoms with Crippen molar-refractivity contribution in [2.75, 3.05) is 25.0 Å². The molecule has 2 fully saturated rings. The number of benzene rings is 2. The minimum Gasteiger partial charge on any atom is -0.465 e. The number of nitrogens with zero attached hydrogens (tertiary/aromatic N) is 4. The lowest BCUT2D eigenvalue weighted by Crippen LogP contribution is -2.67. The molecule has 40 heavy (non-hydrogen) atoms. The second kappa shape index (κ2) is 10.7. The van der Waals surface area contributed by atoms with Crippen molar-refractivity contribution in [1.29, 1.82) is 0 Å². The summed E-state index contributed by atoms with van der Waals surface area (Å²) in [7, 11) is 1.96. The molecular formula is C30H29F3N4O3. The molecule has 0 atom stereocenters. The van der Waals surface area contributed by atoms with Gasteiger partial charge in [0.05, 0.1) is 5.56 Å². The quantitative estimate of drug-likeness (QED) is 0.363. The van der Waals surface area contributed by atoms with Crippen LogP contribution in [0.2, 0.25) is 0 Å². The number of carboxylic acid groups (broad SMARTS) is 1. The van der Waals surface area contributed by atoms with Gasteiger partial charge >= 0.3 is 12.3 Å². The van der Waals surface area contributed by atoms with E-state index in [1.807, 2.05) is 48.3 Å². The third kappa shape index (κ3) is 5.80. The fourth-order valence-corrected chi connectivity index (χ4v) is 5.49. The highest BCUT2D eigenvalue weighted by atomic mass is 19.4. The molecule has 2 aromatic carbocycles. The molecule has 2 heterocycles. The summed E-state index contributed by atoms with van der Waals surface area (Å²) in [6, 6.07) is 16.3. The predicted molar refractivity (Wildman–Crippen MR) is 145 cm³/mol. The summed E-state index contributed by atoms with van der Waals surface area (Å²) in [6.45, 7) is 1.30. The normalized spacial score (nSPS) is 16.4. The van der Waals surface area contributed by atoms with Crippen molar-refractivity contribution in [3.05, 3.63) is 95.8 Å². The minimum absolute atomic E-state index is 0.0557. The van der Waals surface area contributed by atoms with Crippen LogP contribution in [0.3, 0.4) is 0 Å². The molecule has 2 aliphatic rings. The van der Waals surface area contributed by atoms with Gasteiger partial charge in [-0.15, -0.1) is 0 Å². The lowest BCUT2D eigenvalue weighted by molar-refractivity contribution is -0.142. The maximum atomic E-state index is 13.4. The third-order valence-electron chi connectivity index (χ3n) is 7.77. The number of pyridine rings is 1. The first-order valence-corrected chi connectivity index (χ1v) is 12.9. The Morgan fingerprint density at radius 1 is 1.00 bits per heavy atom. The van der Waals surface area contributed by atoms with Crippen LogP contribution in [-0.4, -0.2) is 58.1 Å². The highest BCUT2D eigenvalue weighted by Crippen LogP contribution is 2.50. The number of hydrogen-bond acceptors (Lipinski definition) is 4. The highest BCUT2D eigenvalue weighted by molar-refractivity contribution is 5.92. The SMILES string of the molecule is CN(c1ccncc1)c1ccc(CN(C(=O)/C=C/c2ccc(C(F)(F)F)cc2)C2CC3(C2)CN(C(=O)O)C3)cc1. The van der Waals surface area contributed by atoms with Gasteiger partial charge in [0.2, 0.25) is 5.91 Å². The van der Waals surface area contributed by atoms with Gasteiger partial charge in [-0.05, 0) is 66.4 Å².